The summed E-state index contributed by atoms with van der Waals surface area (Å²) in [5.41, 5.74) is 2.92. The number of phenolic OH excluding ortho intramolecular Hbond substituents is 2. The molecule has 0 aromatic heterocycles. The molecule has 2 aromatic carbocycles. The number of nitrogens with one attached hydrogen (secondary N) is 1. The van der Waals surface area contributed by atoms with E-state index in [1.54, 1.807) is 12.1 Å². The van der Waals surface area contributed by atoms with Crippen molar-refractivity contribution < 1.29 is 20.1 Å². The van der Waals surface area contributed by atoms with Gasteiger partial charge in [0.15, 0.2) is 11.5 Å². The third-order valence-corrected chi connectivity index (χ3v) is 4.13. The molecule has 136 valence electrons. The van der Waals surface area contributed by atoms with E-state index in [1.165, 1.54) is 0 Å². The number of aromatic hydroxyl groups is 2. The van der Waals surface area contributed by atoms with Crippen LogP contribution in [-0.4, -0.2) is 34.6 Å². The molecule has 5 nitrogen and oxygen atoms in total. The van der Waals surface area contributed by atoms with Crippen LogP contribution < -0.4 is 5.32 Å². The average Bonchev–Trinajstić information content (AvgIpc) is 2.65. The first kappa shape index (κ1) is 19.2. The summed E-state index contributed by atoms with van der Waals surface area (Å²) in [6, 6.07) is 12.8. The second-order valence-corrected chi connectivity index (χ2v) is 5.84. The Morgan fingerprint density at radius 3 is 2.44 bits per heavy atom. The topological polar surface area (TPSA) is 82.0 Å². The maximum absolute atomic E-state index is 9.75. The monoisotopic (exact) mass is 345 g/mol. The normalized spacial score (nSPS) is 18.8. The fourth-order valence-electron chi connectivity index (χ4n) is 2.96. The number of benzene rings is 2. The summed E-state index contributed by atoms with van der Waals surface area (Å²) in [6.07, 6.45) is 0.606. The Morgan fingerprint density at radius 1 is 1.08 bits per heavy atom. The highest BCUT2D eigenvalue weighted by molar-refractivity contribution is 5.48. The molecule has 0 fully saturated rings. The van der Waals surface area contributed by atoms with E-state index in [0.29, 0.717) is 19.6 Å². The number of aliphatic hydroxyl groups excluding tert-OH is 1. The number of hydrogen-bond donors (Lipinski definition) is 4. The van der Waals surface area contributed by atoms with Gasteiger partial charge >= 0.3 is 0 Å². The Balaban J connectivity index is 0.00000109. The molecule has 0 spiro atoms. The Hall–Kier alpha value is -2.08. The van der Waals surface area contributed by atoms with E-state index in [-0.39, 0.29) is 30.2 Å². The van der Waals surface area contributed by atoms with Crippen molar-refractivity contribution in [2.75, 3.05) is 13.2 Å². The van der Waals surface area contributed by atoms with E-state index in [0.717, 1.165) is 16.7 Å². The molecule has 5 heteroatoms. The van der Waals surface area contributed by atoms with Gasteiger partial charge in [0.2, 0.25) is 0 Å². The molecule has 0 saturated heterocycles. The zero-order chi connectivity index (χ0) is 18.2. The molecule has 0 radical (unpaired) electrons. The Morgan fingerprint density at radius 2 is 1.76 bits per heavy atom. The van der Waals surface area contributed by atoms with Crippen molar-refractivity contribution in [2.45, 2.75) is 39.0 Å². The number of phenols is 2. The summed E-state index contributed by atoms with van der Waals surface area (Å²) in [5, 5.41) is 32.2. The van der Waals surface area contributed by atoms with Crippen LogP contribution in [0.25, 0.3) is 0 Å². The summed E-state index contributed by atoms with van der Waals surface area (Å²) in [6.45, 7) is 4.93. The number of fused-ring (bicyclic) bond motifs is 1. The molecule has 0 saturated carbocycles. The molecule has 0 amide bonds. The van der Waals surface area contributed by atoms with Crippen molar-refractivity contribution in [1.82, 2.24) is 5.32 Å². The summed E-state index contributed by atoms with van der Waals surface area (Å²) in [4.78, 5) is 0. The summed E-state index contributed by atoms with van der Waals surface area (Å²) in [7, 11) is 0. The fraction of sp³-hybridized carbons (Fsp3) is 0.400. The van der Waals surface area contributed by atoms with Gasteiger partial charge in [-0.05, 0) is 35.2 Å². The Labute approximate surface area is 148 Å². The number of aliphatic hydroxyl groups is 1. The Bertz CT molecular complexity index is 660. The second-order valence-electron chi connectivity index (χ2n) is 5.84. The smallest absolute Gasteiger partial charge is 0.157 e. The molecule has 2 aromatic rings. The maximum atomic E-state index is 9.75. The summed E-state index contributed by atoms with van der Waals surface area (Å²) < 4.78 is 5.79. The van der Waals surface area contributed by atoms with Gasteiger partial charge < -0.3 is 25.4 Å². The molecule has 4 N–H and O–H groups in total. The minimum absolute atomic E-state index is 0.0102. The predicted molar refractivity (Wildman–Crippen MR) is 97.7 cm³/mol. The van der Waals surface area contributed by atoms with Gasteiger partial charge in [0.1, 0.15) is 0 Å². The third kappa shape index (κ3) is 4.95. The first-order chi connectivity index (χ1) is 12.2. The number of hydrogen-bond acceptors (Lipinski definition) is 5. The highest BCUT2D eigenvalue weighted by atomic mass is 16.5. The molecule has 0 aliphatic carbocycles. The van der Waals surface area contributed by atoms with Gasteiger partial charge in [-0.1, -0.05) is 44.2 Å². The summed E-state index contributed by atoms with van der Waals surface area (Å²) in [5.74, 6) is -0.271. The van der Waals surface area contributed by atoms with Crippen LogP contribution >= 0.6 is 0 Å². The van der Waals surface area contributed by atoms with E-state index in [9.17, 15) is 15.3 Å². The van der Waals surface area contributed by atoms with Crippen LogP contribution in [0.4, 0.5) is 0 Å². The lowest BCUT2D eigenvalue weighted by atomic mass is 9.90. The van der Waals surface area contributed by atoms with Gasteiger partial charge in [-0.15, -0.1) is 0 Å². The maximum Gasteiger partial charge on any atom is 0.157 e. The van der Waals surface area contributed by atoms with E-state index in [4.69, 9.17) is 4.74 Å². The first-order valence-electron chi connectivity index (χ1n) is 8.70. The van der Waals surface area contributed by atoms with Crippen LogP contribution in [0.1, 0.15) is 36.6 Å². The van der Waals surface area contributed by atoms with Crippen molar-refractivity contribution in [3.8, 4) is 11.5 Å². The SMILES string of the molecule is CC.OC[C@@H]1Cc2cc(O)c(O)cc2[C@H](COCc2ccccc2)N1. The molecular formula is C20H27NO4. The van der Waals surface area contributed by atoms with Crippen LogP contribution in [0, 0.1) is 0 Å². The van der Waals surface area contributed by atoms with Gasteiger partial charge in [0, 0.05) is 6.04 Å². The minimum Gasteiger partial charge on any atom is -0.504 e. The standard InChI is InChI=1S/C18H21NO4.C2H6/c20-9-14-6-13-7-17(21)18(22)8-15(13)16(19-14)11-23-10-12-4-2-1-3-5-12;1-2/h1-5,7-8,14,16,19-22H,6,9-11H2;1-2H3/t14-,16-;/m0./s1. The van der Waals surface area contributed by atoms with E-state index < -0.39 is 0 Å². The van der Waals surface area contributed by atoms with Crippen LogP contribution in [0.15, 0.2) is 42.5 Å². The van der Waals surface area contributed by atoms with Crippen molar-refractivity contribution in [3.05, 3.63) is 59.2 Å². The van der Waals surface area contributed by atoms with Crippen LogP contribution in [-0.2, 0) is 17.8 Å². The fourth-order valence-corrected chi connectivity index (χ4v) is 2.96. The van der Waals surface area contributed by atoms with E-state index in [2.05, 4.69) is 5.32 Å². The number of ether oxygens (including phenoxy) is 1. The molecule has 1 aliphatic rings. The second kappa shape index (κ2) is 9.42. The molecule has 1 heterocycles. The zero-order valence-electron chi connectivity index (χ0n) is 14.8. The van der Waals surface area contributed by atoms with E-state index >= 15 is 0 Å². The van der Waals surface area contributed by atoms with Crippen molar-refractivity contribution >= 4 is 0 Å². The Kier molecular flexibility index (Phi) is 7.25. The lowest BCUT2D eigenvalue weighted by Gasteiger charge is -2.32. The average molecular weight is 345 g/mol. The largest absolute Gasteiger partial charge is 0.504 e. The summed E-state index contributed by atoms with van der Waals surface area (Å²) >= 11 is 0. The molecule has 0 unspecified atom stereocenters. The minimum atomic E-state index is -0.138. The molecule has 1 aliphatic heterocycles. The molecule has 0 bridgehead atoms. The van der Waals surface area contributed by atoms with Gasteiger partial charge in [0.25, 0.3) is 0 Å². The van der Waals surface area contributed by atoms with Crippen molar-refractivity contribution in [2.24, 2.45) is 0 Å². The molecule has 3 rings (SSSR count). The zero-order valence-corrected chi connectivity index (χ0v) is 14.8. The van der Waals surface area contributed by atoms with Crippen LogP contribution in [0.2, 0.25) is 0 Å². The highest BCUT2D eigenvalue weighted by Crippen LogP contribution is 2.35. The number of rotatable bonds is 5. The van der Waals surface area contributed by atoms with Gasteiger partial charge in [-0.25, -0.2) is 0 Å². The van der Waals surface area contributed by atoms with E-state index in [1.807, 2.05) is 44.2 Å². The van der Waals surface area contributed by atoms with Crippen molar-refractivity contribution in [1.29, 1.82) is 0 Å². The van der Waals surface area contributed by atoms with Gasteiger partial charge in [-0.2, -0.15) is 0 Å². The van der Waals surface area contributed by atoms with Crippen molar-refractivity contribution in [3.63, 3.8) is 0 Å². The highest BCUT2D eigenvalue weighted by Gasteiger charge is 2.27. The van der Waals surface area contributed by atoms with Crippen LogP contribution in [0.5, 0.6) is 11.5 Å². The first-order valence-corrected chi connectivity index (χ1v) is 8.70. The van der Waals surface area contributed by atoms with Gasteiger partial charge in [0.05, 0.1) is 25.9 Å². The molecule has 2 atom stereocenters. The quantitative estimate of drug-likeness (QED) is 0.627. The molecular weight excluding hydrogens is 318 g/mol. The lowest BCUT2D eigenvalue weighted by molar-refractivity contribution is 0.0871. The van der Waals surface area contributed by atoms with Gasteiger partial charge in [-0.3, -0.25) is 0 Å². The lowest BCUT2D eigenvalue weighted by Crippen LogP contribution is -2.43. The molecule has 25 heavy (non-hydrogen) atoms. The third-order valence-electron chi connectivity index (χ3n) is 4.13. The van der Waals surface area contributed by atoms with Crippen LogP contribution in [0.3, 0.4) is 0 Å². The predicted octanol–water partition coefficient (Wildman–Crippen LogP) is 2.89.